The fourth-order valence-corrected chi connectivity index (χ4v) is 4.37. The molecule has 0 saturated heterocycles. The van der Waals surface area contributed by atoms with E-state index in [9.17, 15) is 4.39 Å². The Kier molecular flexibility index (Phi) is 7.29. The summed E-state index contributed by atoms with van der Waals surface area (Å²) in [6, 6.07) is 15.6. The van der Waals surface area contributed by atoms with Crippen LogP contribution in [0.3, 0.4) is 0 Å². The van der Waals surface area contributed by atoms with Gasteiger partial charge in [0.1, 0.15) is 5.82 Å². The Balaban J connectivity index is 1.42. The van der Waals surface area contributed by atoms with E-state index >= 15 is 0 Å². The second kappa shape index (κ2) is 9.90. The molecule has 0 spiro atoms. The van der Waals surface area contributed by atoms with Crippen LogP contribution in [-0.2, 0) is 6.42 Å². The molecule has 0 unspecified atom stereocenters. The number of rotatable bonds is 8. The minimum atomic E-state index is -0.176. The second-order valence-corrected chi connectivity index (χ2v) is 8.13. The Morgan fingerprint density at radius 1 is 0.731 bits per heavy atom. The van der Waals surface area contributed by atoms with E-state index in [1.54, 1.807) is 0 Å². The average molecular weight is 353 g/mol. The molecule has 0 amide bonds. The van der Waals surface area contributed by atoms with E-state index in [1.165, 1.54) is 87.5 Å². The maximum Gasteiger partial charge on any atom is 0.123 e. The van der Waals surface area contributed by atoms with Crippen molar-refractivity contribution in [1.82, 2.24) is 0 Å². The average Bonchev–Trinajstić information content (AvgIpc) is 2.69. The summed E-state index contributed by atoms with van der Waals surface area (Å²) in [6.07, 6.45) is 14.0. The highest BCUT2D eigenvalue weighted by atomic mass is 19.1. The molecule has 0 aromatic heterocycles. The van der Waals surface area contributed by atoms with E-state index in [0.717, 1.165) is 17.4 Å². The molecule has 0 heterocycles. The van der Waals surface area contributed by atoms with Gasteiger partial charge >= 0.3 is 0 Å². The lowest BCUT2D eigenvalue weighted by molar-refractivity contribution is 0.249. The molecule has 1 saturated carbocycles. The van der Waals surface area contributed by atoms with Crippen molar-refractivity contribution in [1.29, 1.82) is 0 Å². The molecule has 2 aromatic rings. The topological polar surface area (TPSA) is 0 Å². The van der Waals surface area contributed by atoms with E-state index < -0.39 is 0 Å². The fourth-order valence-electron chi connectivity index (χ4n) is 4.37. The minimum Gasteiger partial charge on any atom is -0.207 e. The first kappa shape index (κ1) is 19.1. The van der Waals surface area contributed by atoms with Crippen LogP contribution in [0, 0.1) is 17.7 Å². The third kappa shape index (κ3) is 5.69. The number of hydrogen-bond donors (Lipinski definition) is 0. The highest BCUT2D eigenvalue weighted by Crippen LogP contribution is 2.34. The van der Waals surface area contributed by atoms with Crippen molar-refractivity contribution in [2.24, 2.45) is 11.8 Å². The maximum atomic E-state index is 13.0. The van der Waals surface area contributed by atoms with Crippen LogP contribution in [0.4, 0.5) is 4.39 Å². The van der Waals surface area contributed by atoms with Crippen LogP contribution in [-0.4, -0.2) is 0 Å². The second-order valence-electron chi connectivity index (χ2n) is 8.13. The summed E-state index contributed by atoms with van der Waals surface area (Å²) in [6.45, 7) is 2.29. The smallest absolute Gasteiger partial charge is 0.123 e. The maximum absolute atomic E-state index is 13.0. The van der Waals surface area contributed by atoms with Gasteiger partial charge in [-0.2, -0.15) is 0 Å². The first-order valence-electron chi connectivity index (χ1n) is 10.6. The zero-order chi connectivity index (χ0) is 18.2. The summed E-state index contributed by atoms with van der Waals surface area (Å²) in [5.41, 5.74) is 3.68. The summed E-state index contributed by atoms with van der Waals surface area (Å²) in [4.78, 5) is 0. The molecule has 140 valence electrons. The summed E-state index contributed by atoms with van der Waals surface area (Å²) < 4.78 is 13.0. The Morgan fingerprint density at radius 2 is 1.27 bits per heavy atom. The molecule has 0 nitrogen and oxygen atoms in total. The third-order valence-electron chi connectivity index (χ3n) is 6.16. The lowest BCUT2D eigenvalue weighted by Crippen LogP contribution is -2.15. The number of halogens is 1. The zero-order valence-corrected chi connectivity index (χ0v) is 16.2. The van der Waals surface area contributed by atoms with Gasteiger partial charge in [-0.25, -0.2) is 4.39 Å². The molecule has 0 N–H and O–H groups in total. The van der Waals surface area contributed by atoms with Crippen molar-refractivity contribution >= 4 is 0 Å². The Bertz CT molecular complexity index is 633. The molecule has 1 aliphatic carbocycles. The lowest BCUT2D eigenvalue weighted by atomic mass is 9.78. The molecule has 0 aliphatic heterocycles. The van der Waals surface area contributed by atoms with Crippen LogP contribution in [0.15, 0.2) is 48.5 Å². The van der Waals surface area contributed by atoms with Gasteiger partial charge in [0, 0.05) is 0 Å². The SMILES string of the molecule is CCCCCC1CCC(CCc2ccc(-c3ccc(F)cc3)cc2)CC1. The lowest BCUT2D eigenvalue weighted by Gasteiger charge is -2.28. The molecule has 0 radical (unpaired) electrons. The predicted molar refractivity (Wildman–Crippen MR) is 110 cm³/mol. The van der Waals surface area contributed by atoms with E-state index in [2.05, 4.69) is 31.2 Å². The van der Waals surface area contributed by atoms with E-state index in [1.807, 2.05) is 12.1 Å². The van der Waals surface area contributed by atoms with Gasteiger partial charge in [-0.15, -0.1) is 0 Å². The molecule has 3 rings (SSSR count). The first-order valence-corrected chi connectivity index (χ1v) is 10.6. The standard InChI is InChI=1S/C25H33F/c1-2-3-4-5-20-6-8-21(9-7-20)10-11-22-12-14-23(15-13-22)24-16-18-25(26)19-17-24/h12-21H,2-11H2,1H3. The van der Waals surface area contributed by atoms with Gasteiger partial charge in [-0.1, -0.05) is 94.7 Å². The van der Waals surface area contributed by atoms with Crippen LogP contribution in [0.1, 0.15) is 70.3 Å². The molecule has 1 aliphatic rings. The van der Waals surface area contributed by atoms with Crippen LogP contribution in [0.25, 0.3) is 11.1 Å². The molecule has 0 atom stereocenters. The van der Waals surface area contributed by atoms with E-state index in [0.29, 0.717) is 0 Å². The molecular formula is C25H33F. The van der Waals surface area contributed by atoms with Gasteiger partial charge in [-0.3, -0.25) is 0 Å². The molecule has 0 bridgehead atoms. The Hall–Kier alpha value is -1.63. The Morgan fingerprint density at radius 3 is 1.85 bits per heavy atom. The molecule has 1 fully saturated rings. The highest BCUT2D eigenvalue weighted by Gasteiger charge is 2.20. The Labute approximate surface area is 158 Å². The van der Waals surface area contributed by atoms with Crippen molar-refractivity contribution in [2.75, 3.05) is 0 Å². The fraction of sp³-hybridized carbons (Fsp3) is 0.520. The van der Waals surface area contributed by atoms with Crippen LogP contribution >= 0.6 is 0 Å². The van der Waals surface area contributed by atoms with Crippen molar-refractivity contribution in [3.8, 4) is 11.1 Å². The number of unbranched alkanes of at least 4 members (excludes halogenated alkanes) is 2. The van der Waals surface area contributed by atoms with E-state index in [-0.39, 0.29) is 5.82 Å². The van der Waals surface area contributed by atoms with E-state index in [4.69, 9.17) is 0 Å². The predicted octanol–water partition coefficient (Wildman–Crippen LogP) is 7.81. The molecular weight excluding hydrogens is 319 g/mol. The van der Waals surface area contributed by atoms with Gasteiger partial charge in [-0.05, 0) is 53.5 Å². The van der Waals surface area contributed by atoms with Gasteiger partial charge in [0.2, 0.25) is 0 Å². The van der Waals surface area contributed by atoms with Gasteiger partial charge in [0.25, 0.3) is 0 Å². The highest BCUT2D eigenvalue weighted by molar-refractivity contribution is 5.63. The third-order valence-corrected chi connectivity index (χ3v) is 6.16. The summed E-state index contributed by atoms with van der Waals surface area (Å²) in [5, 5.41) is 0. The van der Waals surface area contributed by atoms with Crippen LogP contribution < -0.4 is 0 Å². The minimum absolute atomic E-state index is 0.176. The molecule has 26 heavy (non-hydrogen) atoms. The number of benzene rings is 2. The normalized spacial score (nSPS) is 20.2. The summed E-state index contributed by atoms with van der Waals surface area (Å²) in [5.74, 6) is 1.76. The van der Waals surface area contributed by atoms with Crippen molar-refractivity contribution < 1.29 is 4.39 Å². The van der Waals surface area contributed by atoms with Crippen molar-refractivity contribution in [2.45, 2.75) is 71.1 Å². The monoisotopic (exact) mass is 352 g/mol. The number of aryl methyl sites for hydroxylation is 1. The van der Waals surface area contributed by atoms with Crippen LogP contribution in [0.5, 0.6) is 0 Å². The first-order chi connectivity index (χ1) is 12.7. The summed E-state index contributed by atoms with van der Waals surface area (Å²) >= 11 is 0. The van der Waals surface area contributed by atoms with Gasteiger partial charge in [0.15, 0.2) is 0 Å². The van der Waals surface area contributed by atoms with Gasteiger partial charge in [0.05, 0.1) is 0 Å². The zero-order valence-electron chi connectivity index (χ0n) is 16.2. The summed E-state index contributed by atoms with van der Waals surface area (Å²) in [7, 11) is 0. The molecule has 1 heteroatoms. The van der Waals surface area contributed by atoms with Crippen molar-refractivity contribution in [3.63, 3.8) is 0 Å². The van der Waals surface area contributed by atoms with Gasteiger partial charge < -0.3 is 0 Å². The van der Waals surface area contributed by atoms with Crippen LogP contribution in [0.2, 0.25) is 0 Å². The largest absolute Gasteiger partial charge is 0.207 e. The quantitative estimate of drug-likeness (QED) is 0.425. The molecule has 2 aromatic carbocycles. The number of hydrogen-bond acceptors (Lipinski definition) is 0. The van der Waals surface area contributed by atoms with Crippen molar-refractivity contribution in [3.05, 3.63) is 59.9 Å².